The van der Waals surface area contributed by atoms with Crippen LogP contribution in [0.15, 0.2) is 54.1 Å². The van der Waals surface area contributed by atoms with Gasteiger partial charge in [0.05, 0.1) is 38.5 Å². The van der Waals surface area contributed by atoms with Crippen LogP contribution in [-0.4, -0.2) is 79.7 Å². The molecular formula is C28H34N2O6. The number of methoxy groups -OCH3 is 1. The van der Waals surface area contributed by atoms with Crippen molar-refractivity contribution >= 4 is 17.4 Å². The molecule has 0 radical (unpaired) electrons. The van der Waals surface area contributed by atoms with Crippen molar-refractivity contribution < 1.29 is 28.9 Å². The van der Waals surface area contributed by atoms with Crippen molar-refractivity contribution in [2.45, 2.75) is 25.8 Å². The van der Waals surface area contributed by atoms with Gasteiger partial charge in [0, 0.05) is 31.7 Å². The molecule has 2 aliphatic heterocycles. The molecule has 0 bridgehead atoms. The lowest BCUT2D eigenvalue weighted by molar-refractivity contribution is -0.140. The number of hydrogen-bond donors (Lipinski definition) is 1. The number of likely N-dealkylation sites (tertiary alicyclic amines) is 1. The number of nitrogens with zero attached hydrogens (tertiary/aromatic N) is 2. The molecule has 1 N–H and O–H groups in total. The Morgan fingerprint density at radius 3 is 2.50 bits per heavy atom. The summed E-state index contributed by atoms with van der Waals surface area (Å²) >= 11 is 0. The molecule has 0 aromatic heterocycles. The summed E-state index contributed by atoms with van der Waals surface area (Å²) in [6.45, 7) is 6.51. The number of ketones is 1. The van der Waals surface area contributed by atoms with Crippen molar-refractivity contribution in [1.29, 1.82) is 0 Å². The highest BCUT2D eigenvalue weighted by atomic mass is 16.5. The van der Waals surface area contributed by atoms with Crippen molar-refractivity contribution in [3.05, 3.63) is 65.2 Å². The van der Waals surface area contributed by atoms with E-state index in [0.717, 1.165) is 31.5 Å². The lowest BCUT2D eigenvalue weighted by Gasteiger charge is -2.31. The number of aliphatic hydroxyl groups excluding tert-OH is 1. The quantitative estimate of drug-likeness (QED) is 0.234. The Labute approximate surface area is 212 Å². The third-order valence-corrected chi connectivity index (χ3v) is 6.60. The highest BCUT2D eigenvalue weighted by Gasteiger charge is 2.46. The average molecular weight is 495 g/mol. The van der Waals surface area contributed by atoms with E-state index in [9.17, 15) is 14.7 Å². The Hall–Kier alpha value is -3.36. The first-order valence-electron chi connectivity index (χ1n) is 12.5. The molecule has 2 aromatic carbocycles. The van der Waals surface area contributed by atoms with Gasteiger partial charge >= 0.3 is 0 Å². The second-order valence-corrected chi connectivity index (χ2v) is 8.95. The fourth-order valence-corrected chi connectivity index (χ4v) is 4.54. The highest BCUT2D eigenvalue weighted by molar-refractivity contribution is 6.46. The summed E-state index contributed by atoms with van der Waals surface area (Å²) in [5.41, 5.74) is 1.25. The first-order chi connectivity index (χ1) is 17.5. The van der Waals surface area contributed by atoms with Crippen LogP contribution < -0.4 is 9.47 Å². The van der Waals surface area contributed by atoms with Gasteiger partial charge in [-0.2, -0.15) is 0 Å². The van der Waals surface area contributed by atoms with Crippen molar-refractivity contribution in [2.75, 3.05) is 53.1 Å². The van der Waals surface area contributed by atoms with E-state index in [4.69, 9.17) is 14.2 Å². The molecule has 2 fully saturated rings. The summed E-state index contributed by atoms with van der Waals surface area (Å²) in [4.78, 5) is 30.3. The lowest BCUT2D eigenvalue weighted by Crippen LogP contribution is -2.42. The van der Waals surface area contributed by atoms with Gasteiger partial charge in [-0.3, -0.25) is 14.5 Å². The molecule has 36 heavy (non-hydrogen) atoms. The SMILES string of the molecule is CCCCOc1cccc(C2C(=C(O)c3ccc(OC)cc3)C(=O)C(=O)N2CCN2CCOCC2)c1. The number of carbonyl (C=O) groups excluding carboxylic acids is 2. The molecule has 1 atom stereocenters. The number of aliphatic hydroxyl groups is 1. The minimum Gasteiger partial charge on any atom is -0.507 e. The largest absolute Gasteiger partial charge is 0.507 e. The van der Waals surface area contributed by atoms with E-state index in [2.05, 4.69) is 11.8 Å². The molecule has 192 valence electrons. The molecule has 0 spiro atoms. The Balaban J connectivity index is 1.71. The predicted molar refractivity (Wildman–Crippen MR) is 136 cm³/mol. The van der Waals surface area contributed by atoms with Gasteiger partial charge < -0.3 is 24.2 Å². The van der Waals surface area contributed by atoms with E-state index in [-0.39, 0.29) is 11.3 Å². The summed E-state index contributed by atoms with van der Waals surface area (Å²) in [7, 11) is 1.56. The second-order valence-electron chi connectivity index (χ2n) is 8.95. The van der Waals surface area contributed by atoms with Gasteiger partial charge in [0.2, 0.25) is 0 Å². The molecule has 2 aromatic rings. The molecule has 4 rings (SSSR count). The van der Waals surface area contributed by atoms with Gasteiger partial charge in [0.1, 0.15) is 17.3 Å². The third kappa shape index (κ3) is 5.71. The van der Waals surface area contributed by atoms with Crippen molar-refractivity contribution in [1.82, 2.24) is 9.80 Å². The average Bonchev–Trinajstić information content (AvgIpc) is 3.17. The fraction of sp³-hybridized carbons (Fsp3) is 0.429. The molecular weight excluding hydrogens is 460 g/mol. The normalized spacial score (nSPS) is 20.1. The van der Waals surface area contributed by atoms with Gasteiger partial charge in [-0.15, -0.1) is 0 Å². The van der Waals surface area contributed by atoms with Crippen LogP contribution in [0, 0.1) is 0 Å². The minimum atomic E-state index is -0.720. The zero-order chi connectivity index (χ0) is 25.5. The summed E-state index contributed by atoms with van der Waals surface area (Å²) in [5, 5.41) is 11.3. The lowest BCUT2D eigenvalue weighted by atomic mass is 9.95. The second kappa shape index (κ2) is 12.1. The van der Waals surface area contributed by atoms with Crippen LogP contribution in [0.3, 0.4) is 0 Å². The number of amides is 1. The Bertz CT molecular complexity index is 1090. The first kappa shape index (κ1) is 25.7. The molecule has 0 aliphatic carbocycles. The van der Waals surface area contributed by atoms with E-state index in [0.29, 0.717) is 50.0 Å². The maximum absolute atomic E-state index is 13.3. The summed E-state index contributed by atoms with van der Waals surface area (Å²) in [6, 6.07) is 13.5. The summed E-state index contributed by atoms with van der Waals surface area (Å²) in [6.07, 6.45) is 1.95. The number of benzene rings is 2. The van der Waals surface area contributed by atoms with E-state index >= 15 is 0 Å². The molecule has 2 heterocycles. The summed E-state index contributed by atoms with van der Waals surface area (Å²) in [5.74, 6) is -0.199. The van der Waals surface area contributed by atoms with Crippen LogP contribution in [0.4, 0.5) is 0 Å². The monoisotopic (exact) mass is 494 g/mol. The van der Waals surface area contributed by atoms with Gasteiger partial charge in [0.25, 0.3) is 11.7 Å². The molecule has 8 heteroatoms. The fourth-order valence-electron chi connectivity index (χ4n) is 4.54. The van der Waals surface area contributed by atoms with Gasteiger partial charge in [-0.05, 0) is 48.4 Å². The number of ether oxygens (including phenoxy) is 3. The van der Waals surface area contributed by atoms with E-state index < -0.39 is 17.7 Å². The van der Waals surface area contributed by atoms with Crippen LogP contribution in [0.25, 0.3) is 5.76 Å². The number of rotatable bonds is 10. The van der Waals surface area contributed by atoms with E-state index in [1.165, 1.54) is 0 Å². The van der Waals surface area contributed by atoms with Crippen LogP contribution in [0.5, 0.6) is 11.5 Å². The van der Waals surface area contributed by atoms with Crippen molar-refractivity contribution in [3.8, 4) is 11.5 Å². The Morgan fingerprint density at radius 1 is 1.06 bits per heavy atom. The van der Waals surface area contributed by atoms with Gasteiger partial charge in [-0.25, -0.2) is 0 Å². The van der Waals surface area contributed by atoms with Crippen LogP contribution in [0.1, 0.15) is 36.9 Å². The molecule has 2 aliphatic rings. The Kier molecular flexibility index (Phi) is 8.61. The zero-order valence-electron chi connectivity index (χ0n) is 20.9. The Morgan fingerprint density at radius 2 is 1.81 bits per heavy atom. The number of carbonyl (C=O) groups is 2. The van der Waals surface area contributed by atoms with Gasteiger partial charge in [0.15, 0.2) is 0 Å². The molecule has 8 nitrogen and oxygen atoms in total. The highest BCUT2D eigenvalue weighted by Crippen LogP contribution is 2.40. The minimum absolute atomic E-state index is 0.0813. The molecule has 1 unspecified atom stereocenters. The van der Waals surface area contributed by atoms with Crippen LogP contribution in [-0.2, 0) is 14.3 Å². The van der Waals surface area contributed by atoms with Gasteiger partial charge in [-0.1, -0.05) is 25.5 Å². The zero-order valence-corrected chi connectivity index (χ0v) is 20.9. The van der Waals surface area contributed by atoms with E-state index in [1.807, 2.05) is 24.3 Å². The van der Waals surface area contributed by atoms with E-state index in [1.54, 1.807) is 36.3 Å². The number of morpholine rings is 1. The van der Waals surface area contributed by atoms with Crippen molar-refractivity contribution in [3.63, 3.8) is 0 Å². The first-order valence-corrected chi connectivity index (χ1v) is 12.5. The number of Topliss-reactive ketones (excluding diaryl/α,β-unsaturated/α-hetero) is 1. The molecule has 0 saturated carbocycles. The number of unbranched alkanes of at least 4 members (excludes halogenated alkanes) is 1. The van der Waals surface area contributed by atoms with Crippen molar-refractivity contribution in [2.24, 2.45) is 0 Å². The van der Waals surface area contributed by atoms with Crippen LogP contribution >= 0.6 is 0 Å². The third-order valence-electron chi connectivity index (χ3n) is 6.60. The number of hydrogen-bond acceptors (Lipinski definition) is 7. The maximum Gasteiger partial charge on any atom is 0.295 e. The smallest absolute Gasteiger partial charge is 0.295 e. The maximum atomic E-state index is 13.3. The predicted octanol–water partition coefficient (Wildman–Crippen LogP) is 3.63. The molecule has 2 saturated heterocycles. The summed E-state index contributed by atoms with van der Waals surface area (Å²) < 4.78 is 16.5. The molecule has 1 amide bonds. The topological polar surface area (TPSA) is 88.5 Å². The standard InChI is InChI=1S/C28H34N2O6/c1-3-4-16-36-23-7-5-6-21(19-23)25-24(26(31)20-8-10-22(34-2)11-9-20)27(32)28(33)30(25)13-12-29-14-17-35-18-15-29/h5-11,19,25,31H,3-4,12-18H2,1-2H3. The van der Waals surface area contributed by atoms with Crippen LogP contribution in [0.2, 0.25) is 0 Å².